The summed E-state index contributed by atoms with van der Waals surface area (Å²) in [6.45, 7) is 6.46. The van der Waals surface area contributed by atoms with E-state index < -0.39 is 0 Å². The van der Waals surface area contributed by atoms with Gasteiger partial charge in [0.15, 0.2) is 5.96 Å². The molecule has 0 radical (unpaired) electrons. The summed E-state index contributed by atoms with van der Waals surface area (Å²) in [5.74, 6) is 1.39. The molecule has 0 aliphatic heterocycles. The minimum Gasteiger partial charge on any atom is -0.496 e. The van der Waals surface area contributed by atoms with Crippen molar-refractivity contribution in [1.82, 2.24) is 15.5 Å². The third kappa shape index (κ3) is 6.53. The van der Waals surface area contributed by atoms with Crippen LogP contribution in [0.2, 0.25) is 0 Å². The molecule has 2 aromatic rings. The Labute approximate surface area is 167 Å². The molecule has 0 saturated heterocycles. The minimum absolute atomic E-state index is 0.182. The average molecular weight is 387 g/mol. The zero-order chi connectivity index (χ0) is 20.5. The predicted octanol–water partition coefficient (Wildman–Crippen LogP) is 3.46. The van der Waals surface area contributed by atoms with Crippen LogP contribution in [0.5, 0.6) is 5.75 Å². The van der Waals surface area contributed by atoms with Gasteiger partial charge in [-0.3, -0.25) is 0 Å². The Morgan fingerprint density at radius 2 is 1.89 bits per heavy atom. The molecule has 2 aromatic carbocycles. The predicted molar refractivity (Wildman–Crippen MR) is 113 cm³/mol. The van der Waals surface area contributed by atoms with Gasteiger partial charge in [0.2, 0.25) is 0 Å². The van der Waals surface area contributed by atoms with Crippen LogP contribution in [0, 0.1) is 12.7 Å². The van der Waals surface area contributed by atoms with E-state index in [0.29, 0.717) is 31.2 Å². The highest BCUT2D eigenvalue weighted by Gasteiger charge is 2.07. The fraction of sp³-hybridized carbons (Fsp3) is 0.409. The molecule has 0 bridgehead atoms. The molecule has 28 heavy (non-hydrogen) atoms. The van der Waals surface area contributed by atoms with Crippen molar-refractivity contribution in [3.8, 4) is 5.75 Å². The number of nitrogens with one attached hydrogen (secondary N) is 2. The number of halogens is 1. The topological polar surface area (TPSA) is 48.9 Å². The van der Waals surface area contributed by atoms with Crippen LogP contribution < -0.4 is 15.4 Å². The molecule has 0 fully saturated rings. The number of nitrogens with zero attached hydrogens (tertiary/aromatic N) is 2. The lowest BCUT2D eigenvalue weighted by Crippen LogP contribution is -2.36. The van der Waals surface area contributed by atoms with Gasteiger partial charge in [0, 0.05) is 30.8 Å². The number of hydrogen-bond acceptors (Lipinski definition) is 3. The largest absolute Gasteiger partial charge is 0.496 e. The molecule has 0 atom stereocenters. The van der Waals surface area contributed by atoms with E-state index >= 15 is 0 Å². The Morgan fingerprint density at radius 1 is 1.11 bits per heavy atom. The molecule has 0 aromatic heterocycles. The van der Waals surface area contributed by atoms with E-state index in [-0.39, 0.29) is 5.82 Å². The Bertz CT molecular complexity index is 805. The summed E-state index contributed by atoms with van der Waals surface area (Å²) < 4.78 is 19.4. The van der Waals surface area contributed by atoms with Crippen molar-refractivity contribution in [3.63, 3.8) is 0 Å². The minimum atomic E-state index is -0.182. The number of guanidine groups is 1. The van der Waals surface area contributed by atoms with Crippen LogP contribution in [0.4, 0.5) is 4.39 Å². The van der Waals surface area contributed by atoms with Gasteiger partial charge in [0.05, 0.1) is 13.7 Å². The maximum absolute atomic E-state index is 14.0. The summed E-state index contributed by atoms with van der Waals surface area (Å²) in [7, 11) is 5.53. The fourth-order valence-electron chi connectivity index (χ4n) is 2.88. The molecule has 2 N–H and O–H groups in total. The first-order valence-corrected chi connectivity index (χ1v) is 9.50. The van der Waals surface area contributed by atoms with Crippen LogP contribution in [0.3, 0.4) is 0 Å². The molecule has 0 unspecified atom stereocenters. The Kier molecular flexibility index (Phi) is 8.26. The van der Waals surface area contributed by atoms with Crippen LogP contribution in [0.15, 0.2) is 41.4 Å². The number of ether oxygens (including phenoxy) is 1. The van der Waals surface area contributed by atoms with Crippen LogP contribution in [0.25, 0.3) is 0 Å². The average Bonchev–Trinajstić information content (AvgIpc) is 2.66. The highest BCUT2D eigenvalue weighted by Crippen LogP contribution is 2.19. The summed E-state index contributed by atoms with van der Waals surface area (Å²) >= 11 is 0. The molecular weight excluding hydrogens is 355 g/mol. The third-order valence-corrected chi connectivity index (χ3v) is 4.25. The fourth-order valence-corrected chi connectivity index (χ4v) is 2.88. The summed E-state index contributed by atoms with van der Waals surface area (Å²) in [5.41, 5.74) is 3.88. The molecule has 0 aliphatic rings. The summed E-state index contributed by atoms with van der Waals surface area (Å²) in [4.78, 5) is 6.59. The maximum atomic E-state index is 14.0. The van der Waals surface area contributed by atoms with Gasteiger partial charge in [0.25, 0.3) is 0 Å². The van der Waals surface area contributed by atoms with Crippen LogP contribution in [-0.4, -0.2) is 38.6 Å². The molecule has 2 rings (SSSR count). The van der Waals surface area contributed by atoms with E-state index in [0.717, 1.165) is 29.0 Å². The van der Waals surface area contributed by atoms with Crippen molar-refractivity contribution in [1.29, 1.82) is 0 Å². The second kappa shape index (κ2) is 10.7. The van der Waals surface area contributed by atoms with Crippen molar-refractivity contribution >= 4 is 5.96 Å². The van der Waals surface area contributed by atoms with E-state index in [1.807, 2.05) is 45.0 Å². The molecule has 0 amide bonds. The first-order chi connectivity index (χ1) is 13.4. The van der Waals surface area contributed by atoms with Gasteiger partial charge in [-0.05, 0) is 57.3 Å². The van der Waals surface area contributed by atoms with Crippen LogP contribution in [-0.2, 0) is 19.6 Å². The number of methoxy groups -OCH3 is 1. The lowest BCUT2D eigenvalue weighted by Gasteiger charge is -2.14. The SMILES string of the molecule is CCNC(=NCc1ccc(F)c(CN(C)C)c1)NCc1ccc(C)cc1OC. The highest BCUT2D eigenvalue weighted by molar-refractivity contribution is 5.79. The molecule has 0 saturated carbocycles. The van der Waals surface area contributed by atoms with E-state index in [1.54, 1.807) is 13.2 Å². The lowest BCUT2D eigenvalue weighted by atomic mass is 10.1. The number of aliphatic imine (C=N–C) groups is 1. The third-order valence-electron chi connectivity index (χ3n) is 4.25. The molecular formula is C22H31FN4O. The van der Waals surface area contributed by atoms with Crippen molar-refractivity contribution in [2.24, 2.45) is 4.99 Å². The summed E-state index contributed by atoms with van der Waals surface area (Å²) in [6, 6.07) is 11.3. The van der Waals surface area contributed by atoms with Gasteiger partial charge in [-0.1, -0.05) is 18.2 Å². The quantitative estimate of drug-likeness (QED) is 0.539. The first-order valence-electron chi connectivity index (χ1n) is 9.50. The van der Waals surface area contributed by atoms with Crippen molar-refractivity contribution in [2.45, 2.75) is 33.5 Å². The summed E-state index contributed by atoms with van der Waals surface area (Å²) in [6.07, 6.45) is 0. The van der Waals surface area contributed by atoms with Crippen LogP contribution in [0.1, 0.15) is 29.2 Å². The molecule has 0 spiro atoms. The lowest BCUT2D eigenvalue weighted by molar-refractivity contribution is 0.392. The van der Waals surface area contributed by atoms with E-state index in [2.05, 4.69) is 27.8 Å². The zero-order valence-corrected chi connectivity index (χ0v) is 17.5. The first kappa shape index (κ1) is 21.7. The van der Waals surface area contributed by atoms with Gasteiger partial charge in [-0.2, -0.15) is 0 Å². The van der Waals surface area contributed by atoms with Crippen molar-refractivity contribution < 1.29 is 9.13 Å². The Morgan fingerprint density at radius 3 is 2.57 bits per heavy atom. The normalized spacial score (nSPS) is 11.6. The second-order valence-electron chi connectivity index (χ2n) is 7.03. The smallest absolute Gasteiger partial charge is 0.191 e. The monoisotopic (exact) mass is 386 g/mol. The van der Waals surface area contributed by atoms with Gasteiger partial charge in [-0.25, -0.2) is 9.38 Å². The standard InChI is InChI=1S/C22H31FN4O/c1-6-24-22(26-14-18-9-7-16(2)11-21(18)28-5)25-13-17-8-10-20(23)19(12-17)15-27(3)4/h7-12H,6,13-15H2,1-5H3,(H2,24,25,26). The van der Waals surface area contributed by atoms with Crippen molar-refractivity contribution in [3.05, 3.63) is 64.5 Å². The number of rotatable bonds is 8. The maximum Gasteiger partial charge on any atom is 0.191 e. The van der Waals surface area contributed by atoms with E-state index in [9.17, 15) is 4.39 Å². The molecule has 6 heteroatoms. The second-order valence-corrected chi connectivity index (χ2v) is 7.03. The van der Waals surface area contributed by atoms with Gasteiger partial charge in [-0.15, -0.1) is 0 Å². The molecule has 5 nitrogen and oxygen atoms in total. The van der Waals surface area contributed by atoms with E-state index in [4.69, 9.17) is 4.74 Å². The number of aryl methyl sites for hydroxylation is 1. The highest BCUT2D eigenvalue weighted by atomic mass is 19.1. The van der Waals surface area contributed by atoms with Gasteiger partial charge < -0.3 is 20.3 Å². The van der Waals surface area contributed by atoms with Gasteiger partial charge in [0.1, 0.15) is 11.6 Å². The molecule has 0 heterocycles. The number of benzene rings is 2. The van der Waals surface area contributed by atoms with Crippen molar-refractivity contribution in [2.75, 3.05) is 27.7 Å². The van der Waals surface area contributed by atoms with Crippen LogP contribution >= 0.6 is 0 Å². The molecule has 152 valence electrons. The van der Waals surface area contributed by atoms with E-state index in [1.165, 1.54) is 6.07 Å². The zero-order valence-electron chi connectivity index (χ0n) is 17.5. The Balaban J connectivity index is 2.08. The summed E-state index contributed by atoms with van der Waals surface area (Å²) in [5, 5.41) is 6.58. The molecule has 0 aliphatic carbocycles. The Hall–Kier alpha value is -2.60. The number of hydrogen-bond donors (Lipinski definition) is 2. The van der Waals surface area contributed by atoms with Gasteiger partial charge >= 0.3 is 0 Å².